The van der Waals surface area contributed by atoms with Gasteiger partial charge in [0.15, 0.2) is 4.77 Å². The van der Waals surface area contributed by atoms with Crippen molar-refractivity contribution in [3.05, 3.63) is 46.0 Å². The number of hydrogen-bond acceptors (Lipinski definition) is 1. The van der Waals surface area contributed by atoms with E-state index in [2.05, 4.69) is 62.4 Å². The number of nitrogens with one attached hydrogen (secondary N) is 1. The summed E-state index contributed by atoms with van der Waals surface area (Å²) < 4.78 is 2.91. The standard InChI is InChI=1S/C15H20N2S/c1-10-7-6-8-12(11(10)2)17-13(15(3,4)5)9-16-14(17)18/h6-9H,1-5H3,(H,16,18). The zero-order valence-corrected chi connectivity index (χ0v) is 12.5. The molecule has 0 aliphatic carbocycles. The normalized spacial score (nSPS) is 11.8. The van der Waals surface area contributed by atoms with Gasteiger partial charge in [-0.25, -0.2) is 0 Å². The van der Waals surface area contributed by atoms with Gasteiger partial charge < -0.3 is 4.98 Å². The van der Waals surface area contributed by atoms with Crippen molar-refractivity contribution in [2.75, 3.05) is 0 Å². The molecule has 18 heavy (non-hydrogen) atoms. The maximum absolute atomic E-state index is 5.43. The lowest BCUT2D eigenvalue weighted by molar-refractivity contribution is 0.555. The Labute approximate surface area is 114 Å². The summed E-state index contributed by atoms with van der Waals surface area (Å²) in [6, 6.07) is 6.34. The molecule has 0 bridgehead atoms. The summed E-state index contributed by atoms with van der Waals surface area (Å²) in [5.74, 6) is 0. The Bertz CT molecular complexity index is 627. The minimum atomic E-state index is 0.0593. The van der Waals surface area contributed by atoms with Crippen LogP contribution in [-0.4, -0.2) is 9.55 Å². The van der Waals surface area contributed by atoms with Crippen LogP contribution in [0, 0.1) is 18.6 Å². The summed E-state index contributed by atoms with van der Waals surface area (Å²) >= 11 is 5.43. The minimum Gasteiger partial charge on any atom is -0.337 e. The predicted octanol–water partition coefficient (Wildman–Crippen LogP) is 4.45. The largest absolute Gasteiger partial charge is 0.337 e. The molecule has 0 spiro atoms. The van der Waals surface area contributed by atoms with Gasteiger partial charge in [-0.15, -0.1) is 0 Å². The number of nitrogens with zero attached hydrogens (tertiary/aromatic N) is 1. The van der Waals surface area contributed by atoms with Crippen molar-refractivity contribution < 1.29 is 0 Å². The molecule has 1 aromatic carbocycles. The van der Waals surface area contributed by atoms with Gasteiger partial charge in [0.05, 0.1) is 5.69 Å². The van der Waals surface area contributed by atoms with Crippen LogP contribution >= 0.6 is 12.2 Å². The van der Waals surface area contributed by atoms with Gasteiger partial charge in [-0.05, 0) is 43.3 Å². The van der Waals surface area contributed by atoms with Crippen molar-refractivity contribution in [1.82, 2.24) is 9.55 Å². The molecule has 2 nitrogen and oxygen atoms in total. The summed E-state index contributed by atoms with van der Waals surface area (Å²) in [4.78, 5) is 3.17. The maximum Gasteiger partial charge on any atom is 0.182 e. The van der Waals surface area contributed by atoms with Gasteiger partial charge in [0, 0.05) is 17.3 Å². The molecule has 2 aromatic rings. The molecule has 1 N–H and O–H groups in total. The van der Waals surface area contributed by atoms with Crippen LogP contribution in [0.15, 0.2) is 24.4 Å². The van der Waals surface area contributed by atoms with Crippen molar-refractivity contribution in [3.63, 3.8) is 0 Å². The number of benzene rings is 1. The second-order valence-corrected chi connectivity index (χ2v) is 6.17. The third-order valence-corrected chi connectivity index (χ3v) is 3.66. The van der Waals surface area contributed by atoms with Crippen molar-refractivity contribution in [2.45, 2.75) is 40.0 Å². The fraction of sp³-hybridized carbons (Fsp3) is 0.400. The number of imidazole rings is 1. The quantitative estimate of drug-likeness (QED) is 0.751. The van der Waals surface area contributed by atoms with Crippen LogP contribution in [0.3, 0.4) is 0 Å². The molecular formula is C15H20N2S. The van der Waals surface area contributed by atoms with E-state index in [0.29, 0.717) is 0 Å². The number of aromatic amines is 1. The van der Waals surface area contributed by atoms with E-state index < -0.39 is 0 Å². The average molecular weight is 260 g/mol. The Kier molecular flexibility index (Phi) is 3.20. The molecule has 0 radical (unpaired) electrons. The van der Waals surface area contributed by atoms with Crippen LogP contribution in [0.1, 0.15) is 37.6 Å². The van der Waals surface area contributed by atoms with E-state index in [4.69, 9.17) is 12.2 Å². The summed E-state index contributed by atoms with van der Waals surface area (Å²) in [5.41, 5.74) is 5.01. The van der Waals surface area contributed by atoms with Crippen LogP contribution < -0.4 is 0 Å². The van der Waals surface area contributed by atoms with Gasteiger partial charge in [-0.2, -0.15) is 0 Å². The third-order valence-electron chi connectivity index (χ3n) is 3.36. The van der Waals surface area contributed by atoms with E-state index in [0.717, 1.165) is 4.77 Å². The van der Waals surface area contributed by atoms with Crippen LogP contribution in [0.2, 0.25) is 0 Å². The number of aromatic nitrogens is 2. The first-order valence-corrected chi connectivity index (χ1v) is 6.60. The Hall–Kier alpha value is -1.35. The summed E-state index contributed by atoms with van der Waals surface area (Å²) in [7, 11) is 0. The molecule has 0 fully saturated rings. The van der Waals surface area contributed by atoms with Crippen LogP contribution in [0.25, 0.3) is 5.69 Å². The first-order valence-electron chi connectivity index (χ1n) is 6.20. The average Bonchev–Trinajstić information content (AvgIpc) is 2.64. The number of hydrogen-bond donors (Lipinski definition) is 1. The lowest BCUT2D eigenvalue weighted by Gasteiger charge is -2.22. The first kappa shape index (κ1) is 13.1. The molecule has 0 saturated heterocycles. The Balaban J connectivity index is 2.76. The molecule has 0 aliphatic rings. The molecule has 96 valence electrons. The second-order valence-electron chi connectivity index (χ2n) is 5.78. The number of aryl methyl sites for hydroxylation is 1. The van der Waals surface area contributed by atoms with Gasteiger partial charge in [-0.3, -0.25) is 4.57 Å². The van der Waals surface area contributed by atoms with Crippen molar-refractivity contribution in [1.29, 1.82) is 0 Å². The van der Waals surface area contributed by atoms with Crippen LogP contribution in [0.5, 0.6) is 0 Å². The molecular weight excluding hydrogens is 240 g/mol. The lowest BCUT2D eigenvalue weighted by atomic mass is 9.92. The van der Waals surface area contributed by atoms with E-state index in [1.54, 1.807) is 0 Å². The van der Waals surface area contributed by atoms with Gasteiger partial charge in [0.2, 0.25) is 0 Å². The van der Waals surface area contributed by atoms with E-state index in [1.807, 2.05) is 6.20 Å². The molecule has 0 unspecified atom stereocenters. The first-order chi connectivity index (χ1) is 8.32. The van der Waals surface area contributed by atoms with E-state index in [9.17, 15) is 0 Å². The Morgan fingerprint density at radius 1 is 1.17 bits per heavy atom. The van der Waals surface area contributed by atoms with E-state index >= 15 is 0 Å². The molecule has 1 aromatic heterocycles. The highest BCUT2D eigenvalue weighted by atomic mass is 32.1. The van der Waals surface area contributed by atoms with Crippen molar-refractivity contribution in [2.24, 2.45) is 0 Å². The number of rotatable bonds is 1. The van der Waals surface area contributed by atoms with E-state index in [1.165, 1.54) is 22.5 Å². The van der Waals surface area contributed by atoms with Gasteiger partial charge >= 0.3 is 0 Å². The molecule has 1 heterocycles. The molecule has 0 saturated carbocycles. The Morgan fingerprint density at radius 3 is 2.44 bits per heavy atom. The van der Waals surface area contributed by atoms with Crippen molar-refractivity contribution in [3.8, 4) is 5.69 Å². The van der Waals surface area contributed by atoms with Crippen LogP contribution in [0.4, 0.5) is 0 Å². The zero-order chi connectivity index (χ0) is 13.5. The fourth-order valence-corrected chi connectivity index (χ4v) is 2.39. The highest BCUT2D eigenvalue weighted by Gasteiger charge is 2.20. The molecule has 2 rings (SSSR count). The highest BCUT2D eigenvalue weighted by Crippen LogP contribution is 2.27. The topological polar surface area (TPSA) is 20.7 Å². The summed E-state index contributed by atoms with van der Waals surface area (Å²) in [6.07, 6.45) is 2.02. The molecule has 3 heteroatoms. The van der Waals surface area contributed by atoms with Gasteiger partial charge in [0.25, 0.3) is 0 Å². The highest BCUT2D eigenvalue weighted by molar-refractivity contribution is 7.71. The van der Waals surface area contributed by atoms with E-state index in [-0.39, 0.29) is 5.41 Å². The smallest absolute Gasteiger partial charge is 0.182 e. The predicted molar refractivity (Wildman–Crippen MR) is 79.1 cm³/mol. The third kappa shape index (κ3) is 2.15. The SMILES string of the molecule is Cc1cccc(-n2c(C(C)(C)C)c[nH]c2=S)c1C. The summed E-state index contributed by atoms with van der Waals surface area (Å²) in [5, 5.41) is 0. The second kappa shape index (κ2) is 4.39. The minimum absolute atomic E-state index is 0.0593. The summed E-state index contributed by atoms with van der Waals surface area (Å²) in [6.45, 7) is 10.9. The molecule has 0 amide bonds. The van der Waals surface area contributed by atoms with Gasteiger partial charge in [0.1, 0.15) is 0 Å². The zero-order valence-electron chi connectivity index (χ0n) is 11.7. The van der Waals surface area contributed by atoms with Crippen LogP contribution in [-0.2, 0) is 5.41 Å². The number of H-pyrrole nitrogens is 1. The van der Waals surface area contributed by atoms with Gasteiger partial charge in [-0.1, -0.05) is 32.9 Å². The lowest BCUT2D eigenvalue weighted by Crippen LogP contribution is -2.17. The van der Waals surface area contributed by atoms with Crippen molar-refractivity contribution >= 4 is 12.2 Å². The fourth-order valence-electron chi connectivity index (χ4n) is 2.14. The molecule has 0 atom stereocenters. The maximum atomic E-state index is 5.43. The molecule has 0 aliphatic heterocycles. The Morgan fingerprint density at radius 2 is 1.83 bits per heavy atom. The monoisotopic (exact) mass is 260 g/mol.